The standard InChI is InChI=1S/C13H17NOS/c1-3-13(14,9-15-2)11-6-4-5-10-7-8-16-12(10)11/h4-8H,3,9,14H2,1-2H3. The molecule has 2 N–H and O–H groups in total. The van der Waals surface area contributed by atoms with Crippen molar-refractivity contribution >= 4 is 21.4 Å². The van der Waals surface area contributed by atoms with Gasteiger partial charge in [-0.1, -0.05) is 25.1 Å². The smallest absolute Gasteiger partial charge is 0.0684 e. The molecule has 0 spiro atoms. The SMILES string of the molecule is CCC(N)(COC)c1cccc2ccsc12. The first-order valence-electron chi connectivity index (χ1n) is 5.46. The average Bonchev–Trinajstić information content (AvgIpc) is 2.76. The number of ether oxygens (including phenoxy) is 1. The summed E-state index contributed by atoms with van der Waals surface area (Å²) in [4.78, 5) is 0. The second-order valence-corrected chi connectivity index (χ2v) is 5.00. The first-order chi connectivity index (χ1) is 7.71. The monoisotopic (exact) mass is 235 g/mol. The lowest BCUT2D eigenvalue weighted by atomic mass is 9.88. The number of benzene rings is 1. The number of hydrogen-bond donors (Lipinski definition) is 1. The summed E-state index contributed by atoms with van der Waals surface area (Å²) in [7, 11) is 1.70. The normalized spacial score (nSPS) is 15.2. The van der Waals surface area contributed by atoms with Gasteiger partial charge in [-0.05, 0) is 28.8 Å². The van der Waals surface area contributed by atoms with Crippen molar-refractivity contribution in [2.24, 2.45) is 5.73 Å². The van der Waals surface area contributed by atoms with Crippen molar-refractivity contribution in [3.05, 3.63) is 35.2 Å². The molecule has 0 saturated heterocycles. The van der Waals surface area contributed by atoms with E-state index in [1.165, 1.54) is 15.6 Å². The lowest BCUT2D eigenvalue weighted by molar-refractivity contribution is 0.130. The van der Waals surface area contributed by atoms with E-state index < -0.39 is 0 Å². The third kappa shape index (κ3) is 1.86. The fourth-order valence-electron chi connectivity index (χ4n) is 2.01. The van der Waals surface area contributed by atoms with Crippen LogP contribution in [0.5, 0.6) is 0 Å². The van der Waals surface area contributed by atoms with Gasteiger partial charge in [-0.15, -0.1) is 11.3 Å². The van der Waals surface area contributed by atoms with Crippen molar-refractivity contribution in [1.82, 2.24) is 0 Å². The van der Waals surface area contributed by atoms with Crippen LogP contribution in [0.25, 0.3) is 10.1 Å². The van der Waals surface area contributed by atoms with E-state index in [0.29, 0.717) is 6.61 Å². The van der Waals surface area contributed by atoms with Crippen LogP contribution >= 0.6 is 11.3 Å². The van der Waals surface area contributed by atoms with Crippen molar-refractivity contribution in [2.75, 3.05) is 13.7 Å². The Kier molecular flexibility index (Phi) is 3.28. The van der Waals surface area contributed by atoms with Gasteiger partial charge < -0.3 is 10.5 Å². The fraction of sp³-hybridized carbons (Fsp3) is 0.385. The summed E-state index contributed by atoms with van der Waals surface area (Å²) in [5, 5.41) is 3.37. The van der Waals surface area contributed by atoms with Crippen molar-refractivity contribution in [2.45, 2.75) is 18.9 Å². The van der Waals surface area contributed by atoms with Crippen molar-refractivity contribution < 1.29 is 4.74 Å². The lowest BCUT2D eigenvalue weighted by Gasteiger charge is -2.28. The molecule has 3 heteroatoms. The maximum absolute atomic E-state index is 6.44. The third-order valence-corrected chi connectivity index (χ3v) is 4.01. The number of hydrogen-bond acceptors (Lipinski definition) is 3. The van der Waals surface area contributed by atoms with Gasteiger partial charge in [0.1, 0.15) is 0 Å². The predicted octanol–water partition coefficient (Wildman–Crippen LogP) is 3.11. The zero-order valence-electron chi connectivity index (χ0n) is 9.69. The number of thiophene rings is 1. The highest BCUT2D eigenvalue weighted by Crippen LogP contribution is 2.33. The van der Waals surface area contributed by atoms with Crippen LogP contribution in [-0.2, 0) is 10.3 Å². The van der Waals surface area contributed by atoms with Crippen LogP contribution in [-0.4, -0.2) is 13.7 Å². The molecule has 1 heterocycles. The molecule has 0 aliphatic rings. The lowest BCUT2D eigenvalue weighted by Crippen LogP contribution is -2.40. The van der Waals surface area contributed by atoms with E-state index in [9.17, 15) is 0 Å². The molecule has 1 aromatic carbocycles. The minimum atomic E-state index is -0.376. The molecule has 0 radical (unpaired) electrons. The Morgan fingerprint density at radius 2 is 2.19 bits per heavy atom. The maximum Gasteiger partial charge on any atom is 0.0684 e. The summed E-state index contributed by atoms with van der Waals surface area (Å²) in [6.07, 6.45) is 0.873. The molecule has 1 unspecified atom stereocenters. The van der Waals surface area contributed by atoms with Crippen LogP contribution in [0, 0.1) is 0 Å². The van der Waals surface area contributed by atoms with Crippen LogP contribution < -0.4 is 5.73 Å². The molecule has 0 bridgehead atoms. The molecule has 0 aliphatic heterocycles. The van der Waals surface area contributed by atoms with Gasteiger partial charge >= 0.3 is 0 Å². The van der Waals surface area contributed by atoms with Gasteiger partial charge in [0.25, 0.3) is 0 Å². The van der Waals surface area contributed by atoms with Crippen LogP contribution in [0.2, 0.25) is 0 Å². The van der Waals surface area contributed by atoms with Gasteiger partial charge in [-0.25, -0.2) is 0 Å². The Morgan fingerprint density at radius 1 is 1.38 bits per heavy atom. The van der Waals surface area contributed by atoms with E-state index in [4.69, 9.17) is 10.5 Å². The van der Waals surface area contributed by atoms with Crippen LogP contribution in [0.3, 0.4) is 0 Å². The second kappa shape index (κ2) is 4.53. The summed E-state index contributed by atoms with van der Waals surface area (Å²) in [5.41, 5.74) is 7.26. The number of fused-ring (bicyclic) bond motifs is 1. The maximum atomic E-state index is 6.44. The van der Waals surface area contributed by atoms with Gasteiger partial charge in [0.05, 0.1) is 12.1 Å². The van der Waals surface area contributed by atoms with Crippen molar-refractivity contribution in [3.63, 3.8) is 0 Å². The second-order valence-electron chi connectivity index (χ2n) is 4.09. The van der Waals surface area contributed by atoms with Crippen LogP contribution in [0.1, 0.15) is 18.9 Å². The van der Waals surface area contributed by atoms with Crippen molar-refractivity contribution in [3.8, 4) is 0 Å². The quantitative estimate of drug-likeness (QED) is 0.883. The summed E-state index contributed by atoms with van der Waals surface area (Å²) >= 11 is 1.75. The van der Waals surface area contributed by atoms with Gasteiger partial charge in [-0.2, -0.15) is 0 Å². The molecule has 16 heavy (non-hydrogen) atoms. The third-order valence-electron chi connectivity index (χ3n) is 3.05. The molecule has 1 atom stereocenters. The molecule has 2 nitrogen and oxygen atoms in total. The van der Waals surface area contributed by atoms with Gasteiger partial charge in [0.15, 0.2) is 0 Å². The van der Waals surface area contributed by atoms with E-state index in [1.54, 1.807) is 18.4 Å². The molecule has 0 aliphatic carbocycles. The zero-order valence-corrected chi connectivity index (χ0v) is 10.5. The fourth-order valence-corrected chi connectivity index (χ4v) is 3.03. The first kappa shape index (κ1) is 11.6. The molecular formula is C13H17NOS. The summed E-state index contributed by atoms with van der Waals surface area (Å²) in [6, 6.07) is 8.43. The van der Waals surface area contributed by atoms with Crippen LogP contribution in [0.15, 0.2) is 29.6 Å². The van der Waals surface area contributed by atoms with E-state index in [2.05, 4.69) is 36.6 Å². The highest BCUT2D eigenvalue weighted by molar-refractivity contribution is 7.17. The Bertz CT molecular complexity index is 479. The molecule has 0 amide bonds. The molecule has 2 rings (SSSR count). The predicted molar refractivity (Wildman–Crippen MR) is 69.9 cm³/mol. The summed E-state index contributed by atoms with van der Waals surface area (Å²) < 4.78 is 6.54. The Hall–Kier alpha value is -0.900. The number of nitrogens with two attached hydrogens (primary N) is 1. The van der Waals surface area contributed by atoms with Crippen molar-refractivity contribution in [1.29, 1.82) is 0 Å². The largest absolute Gasteiger partial charge is 0.382 e. The summed E-state index contributed by atoms with van der Waals surface area (Å²) in [5.74, 6) is 0. The number of rotatable bonds is 4. The molecular weight excluding hydrogens is 218 g/mol. The van der Waals surface area contributed by atoms with E-state index in [1.807, 2.05) is 0 Å². The Morgan fingerprint density at radius 3 is 2.88 bits per heavy atom. The zero-order chi connectivity index (χ0) is 11.6. The highest BCUT2D eigenvalue weighted by Gasteiger charge is 2.27. The molecule has 0 saturated carbocycles. The molecule has 0 fully saturated rings. The molecule has 1 aromatic heterocycles. The Balaban J connectivity index is 2.56. The average molecular weight is 235 g/mol. The topological polar surface area (TPSA) is 35.2 Å². The van der Waals surface area contributed by atoms with E-state index >= 15 is 0 Å². The Labute approximate surface area is 100 Å². The first-order valence-corrected chi connectivity index (χ1v) is 6.34. The number of methoxy groups -OCH3 is 1. The van der Waals surface area contributed by atoms with E-state index in [-0.39, 0.29) is 5.54 Å². The van der Waals surface area contributed by atoms with Gasteiger partial charge in [0.2, 0.25) is 0 Å². The molecule has 2 aromatic rings. The van der Waals surface area contributed by atoms with Gasteiger partial charge in [-0.3, -0.25) is 0 Å². The van der Waals surface area contributed by atoms with Gasteiger partial charge in [0, 0.05) is 11.8 Å². The highest BCUT2D eigenvalue weighted by atomic mass is 32.1. The molecule has 86 valence electrons. The summed E-state index contributed by atoms with van der Waals surface area (Å²) in [6.45, 7) is 2.66. The minimum absolute atomic E-state index is 0.376. The van der Waals surface area contributed by atoms with Crippen LogP contribution in [0.4, 0.5) is 0 Å². The minimum Gasteiger partial charge on any atom is -0.382 e. The van der Waals surface area contributed by atoms with E-state index in [0.717, 1.165) is 6.42 Å².